The number of hydrogen-bond acceptors (Lipinski definition) is 6. The number of nitrogens with zero attached hydrogens (tertiary/aromatic N) is 5. The van der Waals surface area contributed by atoms with E-state index in [0.29, 0.717) is 21.8 Å². The van der Waals surface area contributed by atoms with Gasteiger partial charge >= 0.3 is 6.18 Å². The zero-order valence-electron chi connectivity index (χ0n) is 27.2. The van der Waals surface area contributed by atoms with E-state index in [0.717, 1.165) is 18.4 Å². The summed E-state index contributed by atoms with van der Waals surface area (Å²) in [5.41, 5.74) is -3.67. The van der Waals surface area contributed by atoms with Crippen LogP contribution in [0.25, 0.3) is 22.0 Å². The molecule has 3 aromatic heterocycles. The summed E-state index contributed by atoms with van der Waals surface area (Å²) >= 11 is 12.9. The molecule has 0 radical (unpaired) electrons. The van der Waals surface area contributed by atoms with Crippen LogP contribution in [0.15, 0.2) is 42.5 Å². The monoisotopic (exact) mass is 801 g/mol. The van der Waals surface area contributed by atoms with Crippen molar-refractivity contribution in [3.8, 4) is 11.1 Å². The minimum Gasteiger partial charge on any atom is -0.343 e. The second-order valence-electron chi connectivity index (χ2n) is 13.5. The standard InChI is InChI=1S/C33H24Cl2F7N7O3S/c1-48-26-16(3-5-21(34)25(26)30(46-48)47-53(2,51)52)17-4-6-22(35)43-27(17)31(11-20(31)13-7-14(36)9-15(37)8-13)44-23(50)12-49-29-24(28(45-49)33(40,41)42)18-10-19(18)32(29,38)39/h3-9,18-20H,10-12H2,1-2H3,(H,44,50)(H,46,47)/t18-,19+,20?,31?/m0/s1. The van der Waals surface area contributed by atoms with Crippen LogP contribution in [-0.2, 0) is 46.0 Å². The highest BCUT2D eigenvalue weighted by atomic mass is 35.5. The smallest absolute Gasteiger partial charge is 0.343 e. The Balaban J connectivity index is 1.26. The number of fused-ring (bicyclic) bond motifs is 4. The number of alkyl halides is 5. The van der Waals surface area contributed by atoms with Gasteiger partial charge in [0.05, 0.1) is 33.4 Å². The average molecular weight is 803 g/mol. The van der Waals surface area contributed by atoms with Crippen molar-refractivity contribution in [3.63, 3.8) is 0 Å². The molecular weight excluding hydrogens is 778 g/mol. The van der Waals surface area contributed by atoms with Gasteiger partial charge < -0.3 is 5.32 Å². The van der Waals surface area contributed by atoms with Gasteiger partial charge in [-0.3, -0.25) is 18.9 Å². The highest BCUT2D eigenvalue weighted by molar-refractivity contribution is 7.92. The lowest BCUT2D eigenvalue weighted by Crippen LogP contribution is -2.40. The maximum atomic E-state index is 15.3. The molecule has 53 heavy (non-hydrogen) atoms. The van der Waals surface area contributed by atoms with Gasteiger partial charge in [0.15, 0.2) is 11.5 Å². The molecule has 2 N–H and O–H groups in total. The molecule has 1 amide bonds. The predicted octanol–water partition coefficient (Wildman–Crippen LogP) is 7.22. The molecule has 2 unspecified atom stereocenters. The number of aromatic nitrogens is 5. The molecule has 0 spiro atoms. The Bertz CT molecular complexity index is 2500. The van der Waals surface area contributed by atoms with Crippen LogP contribution in [-0.4, -0.2) is 45.1 Å². The van der Waals surface area contributed by atoms with Crippen molar-refractivity contribution in [1.29, 1.82) is 0 Å². The largest absolute Gasteiger partial charge is 0.435 e. The number of amides is 1. The second-order valence-corrected chi connectivity index (χ2v) is 16.1. The van der Waals surface area contributed by atoms with Crippen LogP contribution < -0.4 is 10.0 Å². The van der Waals surface area contributed by atoms with Crippen LogP contribution in [0.1, 0.15) is 52.9 Å². The third-order valence-corrected chi connectivity index (χ3v) is 11.0. The number of carbonyl (C=O) groups is 1. The highest BCUT2D eigenvalue weighted by Crippen LogP contribution is 2.68. The molecule has 8 rings (SSSR count). The number of rotatable bonds is 8. The molecule has 5 aromatic rings. The zero-order valence-corrected chi connectivity index (χ0v) is 29.5. The molecule has 10 nitrogen and oxygen atoms in total. The van der Waals surface area contributed by atoms with E-state index in [9.17, 15) is 35.2 Å². The van der Waals surface area contributed by atoms with Crippen molar-refractivity contribution >= 4 is 55.9 Å². The van der Waals surface area contributed by atoms with Gasteiger partial charge in [-0.2, -0.15) is 32.1 Å². The van der Waals surface area contributed by atoms with Crippen LogP contribution in [0, 0.1) is 17.6 Å². The zero-order chi connectivity index (χ0) is 38.2. The molecular formula is C33H24Cl2F7N7O3S. The molecule has 2 aromatic carbocycles. The molecule has 20 heteroatoms. The van der Waals surface area contributed by atoms with E-state index in [1.165, 1.54) is 29.9 Å². The number of hydrogen-bond donors (Lipinski definition) is 2. The second kappa shape index (κ2) is 11.5. The van der Waals surface area contributed by atoms with Crippen molar-refractivity contribution in [2.24, 2.45) is 13.0 Å². The first kappa shape index (κ1) is 35.6. The van der Waals surface area contributed by atoms with E-state index in [2.05, 4.69) is 25.2 Å². The fourth-order valence-corrected chi connectivity index (χ4v) is 8.64. The lowest BCUT2D eigenvalue weighted by Gasteiger charge is -2.24. The van der Waals surface area contributed by atoms with E-state index in [1.54, 1.807) is 6.07 Å². The summed E-state index contributed by atoms with van der Waals surface area (Å²) in [7, 11) is -2.30. The van der Waals surface area contributed by atoms with E-state index in [1.807, 2.05) is 0 Å². The maximum absolute atomic E-state index is 15.3. The van der Waals surface area contributed by atoms with E-state index < -0.39 is 86.5 Å². The molecule has 278 valence electrons. The number of benzene rings is 2. The summed E-state index contributed by atoms with van der Waals surface area (Å²) in [6, 6.07) is 8.71. The Hall–Kier alpha value is -4.42. The number of sulfonamides is 1. The molecule has 2 saturated carbocycles. The summed E-state index contributed by atoms with van der Waals surface area (Å²) in [5, 5.41) is 10.7. The first-order valence-electron chi connectivity index (χ1n) is 15.8. The summed E-state index contributed by atoms with van der Waals surface area (Å²) in [6.07, 6.45) is -4.34. The number of aryl methyl sites for hydroxylation is 1. The quantitative estimate of drug-likeness (QED) is 0.126. The van der Waals surface area contributed by atoms with E-state index in [4.69, 9.17) is 23.2 Å². The summed E-state index contributed by atoms with van der Waals surface area (Å²) in [6.45, 7) is -1.05. The van der Waals surface area contributed by atoms with Crippen LogP contribution >= 0.6 is 23.2 Å². The fourth-order valence-electron chi connectivity index (χ4n) is 7.75. The molecule has 3 aliphatic carbocycles. The van der Waals surface area contributed by atoms with Gasteiger partial charge in [-0.1, -0.05) is 29.3 Å². The third-order valence-electron chi connectivity index (χ3n) is 9.90. The Labute approximate surface area is 305 Å². The Morgan fingerprint density at radius 3 is 2.38 bits per heavy atom. The predicted molar refractivity (Wildman–Crippen MR) is 178 cm³/mol. The minimum absolute atomic E-state index is 0.0451. The molecule has 2 fully saturated rings. The van der Waals surface area contributed by atoms with Crippen LogP contribution in [0.2, 0.25) is 10.2 Å². The van der Waals surface area contributed by atoms with Gasteiger partial charge in [-0.05, 0) is 54.7 Å². The van der Waals surface area contributed by atoms with Gasteiger partial charge in [0, 0.05) is 41.6 Å². The van der Waals surface area contributed by atoms with Gasteiger partial charge in [0.25, 0.3) is 5.92 Å². The molecule has 0 aliphatic heterocycles. The van der Waals surface area contributed by atoms with Gasteiger partial charge in [-0.15, -0.1) is 0 Å². The third kappa shape index (κ3) is 5.80. The van der Waals surface area contributed by atoms with E-state index >= 15 is 8.78 Å². The van der Waals surface area contributed by atoms with Gasteiger partial charge in [0.1, 0.15) is 29.0 Å². The number of anilines is 1. The number of carbonyl (C=O) groups excluding carboxylic acids is 1. The van der Waals surface area contributed by atoms with Crippen molar-refractivity contribution in [3.05, 3.63) is 92.5 Å². The topological polar surface area (TPSA) is 124 Å². The van der Waals surface area contributed by atoms with Crippen molar-refractivity contribution in [1.82, 2.24) is 29.9 Å². The van der Waals surface area contributed by atoms with Crippen LogP contribution in [0.5, 0.6) is 0 Å². The number of pyridine rings is 1. The molecule has 4 atom stereocenters. The SMILES string of the molecule is Cn1nc(NS(C)(=O)=O)c2c(Cl)ccc(-c3ccc(Cl)nc3C3(NC(=O)Cn4nc(C(F)(F)F)c5c4C(F)(F)[C@@H]4C[C@H]54)CC3c3cc(F)cc(F)c3)c21. The summed E-state index contributed by atoms with van der Waals surface area (Å²) in [5.74, 6) is -9.94. The van der Waals surface area contributed by atoms with Gasteiger partial charge in [0.2, 0.25) is 15.9 Å². The van der Waals surface area contributed by atoms with Crippen molar-refractivity contribution in [2.45, 2.75) is 48.9 Å². The Kier molecular flexibility index (Phi) is 7.75. The van der Waals surface area contributed by atoms with E-state index in [-0.39, 0.29) is 51.0 Å². The van der Waals surface area contributed by atoms with Crippen LogP contribution in [0.3, 0.4) is 0 Å². The fraction of sp³-hybridized carbons (Fsp3) is 0.333. The molecule has 0 saturated heterocycles. The summed E-state index contributed by atoms with van der Waals surface area (Å²) < 4.78 is 130. The highest BCUT2D eigenvalue weighted by Gasteiger charge is 2.68. The number of nitrogens with one attached hydrogen (secondary N) is 2. The minimum atomic E-state index is -5.06. The first-order valence-corrected chi connectivity index (χ1v) is 18.5. The lowest BCUT2D eigenvalue weighted by molar-refractivity contribution is -0.142. The maximum Gasteiger partial charge on any atom is 0.435 e. The van der Waals surface area contributed by atoms with Crippen molar-refractivity contribution in [2.75, 3.05) is 11.0 Å². The Morgan fingerprint density at radius 2 is 1.72 bits per heavy atom. The summed E-state index contributed by atoms with van der Waals surface area (Å²) in [4.78, 5) is 18.4. The first-order chi connectivity index (χ1) is 24.7. The number of halogens is 9. The van der Waals surface area contributed by atoms with Crippen LogP contribution in [0.4, 0.5) is 36.6 Å². The van der Waals surface area contributed by atoms with Gasteiger partial charge in [-0.25, -0.2) is 22.2 Å². The average Bonchev–Trinajstić information content (AvgIpc) is 3.89. The van der Waals surface area contributed by atoms with Crippen molar-refractivity contribution < 1.29 is 43.9 Å². The Morgan fingerprint density at radius 1 is 1.04 bits per heavy atom. The molecule has 3 heterocycles. The normalized spacial score (nSPS) is 22.8. The lowest BCUT2D eigenvalue weighted by atomic mass is 9.93. The molecule has 3 aliphatic rings. The molecule has 0 bridgehead atoms.